The van der Waals surface area contributed by atoms with E-state index in [0.717, 1.165) is 12.8 Å². The summed E-state index contributed by atoms with van der Waals surface area (Å²) in [5.41, 5.74) is 2.50. The minimum Gasteiger partial charge on any atom is -0.393 e. The molecule has 0 radical (unpaired) electrons. The second kappa shape index (κ2) is 9.89. The molecule has 1 aromatic carbocycles. The fourth-order valence-corrected chi connectivity index (χ4v) is 4.86. The number of hydrogen-bond acceptors (Lipinski definition) is 7. The van der Waals surface area contributed by atoms with Crippen molar-refractivity contribution in [3.63, 3.8) is 0 Å². The first kappa shape index (κ1) is 22.5. The number of benzene rings is 1. The van der Waals surface area contributed by atoms with Gasteiger partial charge in [-0.05, 0) is 42.9 Å². The highest BCUT2D eigenvalue weighted by Gasteiger charge is 2.37. The van der Waals surface area contributed by atoms with E-state index in [9.17, 15) is 9.90 Å². The van der Waals surface area contributed by atoms with Crippen LogP contribution in [0.15, 0.2) is 47.2 Å². The average molecular weight is 463 g/mol. The van der Waals surface area contributed by atoms with Gasteiger partial charge in [-0.3, -0.25) is 0 Å². The van der Waals surface area contributed by atoms with E-state index in [1.54, 1.807) is 18.5 Å². The Hall–Kier alpha value is -3.33. The molecule has 9 nitrogen and oxygen atoms in total. The van der Waals surface area contributed by atoms with Crippen molar-refractivity contribution < 1.29 is 14.4 Å². The van der Waals surface area contributed by atoms with Crippen LogP contribution in [-0.2, 0) is 6.42 Å². The molecule has 4 heterocycles. The molecule has 34 heavy (non-hydrogen) atoms. The van der Waals surface area contributed by atoms with Gasteiger partial charge in [-0.1, -0.05) is 36.3 Å². The normalized spacial score (nSPS) is 21.6. The highest BCUT2D eigenvalue weighted by atomic mass is 16.5. The van der Waals surface area contributed by atoms with Crippen LogP contribution in [0, 0.1) is 0 Å². The van der Waals surface area contributed by atoms with Crippen molar-refractivity contribution in [3.05, 3.63) is 59.7 Å². The van der Waals surface area contributed by atoms with E-state index in [1.165, 1.54) is 11.1 Å². The molecule has 2 atom stereocenters. The SMILES string of the molecule is CCc1ccc(C2CC(c3nc(-c4ncccn4)no3)CN(C(=O)N3CCC(O)CC3)C2)cc1. The predicted octanol–water partition coefficient (Wildman–Crippen LogP) is 3.24. The average Bonchev–Trinajstić information content (AvgIpc) is 3.40. The highest BCUT2D eigenvalue weighted by molar-refractivity contribution is 5.75. The molecule has 2 aromatic heterocycles. The van der Waals surface area contributed by atoms with Crippen LogP contribution in [-0.4, -0.2) is 73.3 Å². The third kappa shape index (κ3) is 4.79. The van der Waals surface area contributed by atoms with E-state index in [4.69, 9.17) is 4.52 Å². The number of carbonyl (C=O) groups excluding carboxylic acids is 1. The number of urea groups is 1. The minimum atomic E-state index is -0.319. The van der Waals surface area contributed by atoms with Gasteiger partial charge in [0.15, 0.2) is 0 Å². The van der Waals surface area contributed by atoms with Crippen LogP contribution in [0.4, 0.5) is 4.79 Å². The van der Waals surface area contributed by atoms with Gasteiger partial charge in [-0.15, -0.1) is 0 Å². The van der Waals surface area contributed by atoms with Crippen LogP contribution < -0.4 is 0 Å². The molecule has 2 aliphatic heterocycles. The van der Waals surface area contributed by atoms with Crippen LogP contribution in [0.25, 0.3) is 11.6 Å². The molecule has 2 fully saturated rings. The number of aliphatic hydroxyl groups excluding tert-OH is 1. The van der Waals surface area contributed by atoms with Gasteiger partial charge in [0.1, 0.15) is 0 Å². The van der Waals surface area contributed by atoms with Crippen molar-refractivity contribution in [2.24, 2.45) is 0 Å². The molecule has 0 aliphatic carbocycles. The summed E-state index contributed by atoms with van der Waals surface area (Å²) in [6.07, 6.45) is 6.01. The fraction of sp³-hybridized carbons (Fsp3) is 0.480. The zero-order chi connectivity index (χ0) is 23.5. The lowest BCUT2D eigenvalue weighted by molar-refractivity contribution is 0.0744. The predicted molar refractivity (Wildman–Crippen MR) is 125 cm³/mol. The number of amides is 2. The van der Waals surface area contributed by atoms with E-state index in [-0.39, 0.29) is 24.0 Å². The van der Waals surface area contributed by atoms with Gasteiger partial charge in [-0.2, -0.15) is 4.98 Å². The van der Waals surface area contributed by atoms with Crippen LogP contribution in [0.1, 0.15) is 55.0 Å². The van der Waals surface area contributed by atoms with Gasteiger partial charge in [-0.25, -0.2) is 14.8 Å². The molecule has 2 amide bonds. The molecular weight excluding hydrogens is 432 g/mol. The number of aliphatic hydroxyl groups is 1. The minimum absolute atomic E-state index is 0.0120. The van der Waals surface area contributed by atoms with Gasteiger partial charge >= 0.3 is 6.03 Å². The second-order valence-electron chi connectivity index (χ2n) is 9.16. The lowest BCUT2D eigenvalue weighted by atomic mass is 9.84. The maximum absolute atomic E-state index is 13.4. The monoisotopic (exact) mass is 462 g/mol. The van der Waals surface area contributed by atoms with Gasteiger partial charge in [0.2, 0.25) is 17.5 Å². The summed E-state index contributed by atoms with van der Waals surface area (Å²) in [5.74, 6) is 1.35. The molecule has 9 heteroatoms. The van der Waals surface area contributed by atoms with Crippen molar-refractivity contribution >= 4 is 6.03 Å². The summed E-state index contributed by atoms with van der Waals surface area (Å²) < 4.78 is 5.64. The molecule has 3 aromatic rings. The Bertz CT molecular complexity index is 1100. The number of likely N-dealkylation sites (tertiary alicyclic amines) is 2. The fourth-order valence-electron chi connectivity index (χ4n) is 4.86. The van der Waals surface area contributed by atoms with Crippen molar-refractivity contribution in [2.75, 3.05) is 26.2 Å². The summed E-state index contributed by atoms with van der Waals surface area (Å²) in [4.78, 5) is 30.2. The molecule has 2 saturated heterocycles. The standard InChI is InChI=1S/C25H30N6O3/c1-2-17-4-6-18(7-5-17)19-14-20(24-28-23(29-34-24)22-26-10-3-11-27-22)16-31(15-19)25(33)30-12-8-21(32)9-13-30/h3-7,10-11,19-21,32H,2,8-9,12-16H2,1H3. The Kier molecular flexibility index (Phi) is 6.53. The maximum Gasteiger partial charge on any atom is 0.320 e. The molecule has 2 aliphatic rings. The number of aromatic nitrogens is 4. The lowest BCUT2D eigenvalue weighted by Crippen LogP contribution is -2.51. The number of carbonyl (C=O) groups is 1. The highest BCUT2D eigenvalue weighted by Crippen LogP contribution is 2.36. The molecule has 178 valence electrons. The molecule has 0 saturated carbocycles. The topological polar surface area (TPSA) is 108 Å². The Balaban J connectivity index is 1.40. The first-order valence-electron chi connectivity index (χ1n) is 12.0. The van der Waals surface area contributed by atoms with Gasteiger partial charge < -0.3 is 19.4 Å². The van der Waals surface area contributed by atoms with Crippen molar-refractivity contribution in [3.8, 4) is 11.6 Å². The van der Waals surface area contributed by atoms with Crippen molar-refractivity contribution in [1.29, 1.82) is 0 Å². The van der Waals surface area contributed by atoms with Gasteiger partial charge in [0.25, 0.3) is 0 Å². The quantitative estimate of drug-likeness (QED) is 0.634. The number of piperidine rings is 2. The Labute approximate surface area is 198 Å². The Morgan fingerprint density at radius 3 is 2.44 bits per heavy atom. The summed E-state index contributed by atoms with van der Waals surface area (Å²) in [7, 11) is 0. The Morgan fingerprint density at radius 1 is 1.03 bits per heavy atom. The zero-order valence-corrected chi connectivity index (χ0v) is 19.4. The number of nitrogens with zero attached hydrogens (tertiary/aromatic N) is 6. The smallest absolute Gasteiger partial charge is 0.320 e. The lowest BCUT2D eigenvalue weighted by Gasteiger charge is -2.40. The first-order chi connectivity index (χ1) is 16.6. The molecular formula is C25H30N6O3. The van der Waals surface area contributed by atoms with E-state index < -0.39 is 0 Å². The summed E-state index contributed by atoms with van der Waals surface area (Å²) in [6, 6.07) is 10.4. The summed E-state index contributed by atoms with van der Waals surface area (Å²) in [6.45, 7) is 4.45. The van der Waals surface area contributed by atoms with Gasteiger partial charge in [0, 0.05) is 44.5 Å². The third-order valence-corrected chi connectivity index (χ3v) is 6.87. The van der Waals surface area contributed by atoms with E-state index in [1.807, 2.05) is 9.80 Å². The van der Waals surface area contributed by atoms with E-state index >= 15 is 0 Å². The largest absolute Gasteiger partial charge is 0.393 e. The molecule has 1 N–H and O–H groups in total. The van der Waals surface area contributed by atoms with Crippen LogP contribution in [0.5, 0.6) is 0 Å². The van der Waals surface area contributed by atoms with Crippen LogP contribution >= 0.6 is 0 Å². The first-order valence-corrected chi connectivity index (χ1v) is 12.0. The second-order valence-corrected chi connectivity index (χ2v) is 9.16. The van der Waals surface area contributed by atoms with E-state index in [0.29, 0.717) is 56.6 Å². The summed E-state index contributed by atoms with van der Waals surface area (Å²) in [5, 5.41) is 13.9. The zero-order valence-electron chi connectivity index (χ0n) is 19.4. The van der Waals surface area contributed by atoms with Crippen molar-refractivity contribution in [1.82, 2.24) is 29.9 Å². The number of rotatable bonds is 4. The van der Waals surface area contributed by atoms with Gasteiger partial charge in [0.05, 0.1) is 12.0 Å². The van der Waals surface area contributed by atoms with Crippen LogP contribution in [0.3, 0.4) is 0 Å². The molecule has 0 bridgehead atoms. The van der Waals surface area contributed by atoms with E-state index in [2.05, 4.69) is 51.3 Å². The third-order valence-electron chi connectivity index (χ3n) is 6.87. The molecule has 5 rings (SSSR count). The Morgan fingerprint density at radius 2 is 1.74 bits per heavy atom. The molecule has 0 spiro atoms. The van der Waals surface area contributed by atoms with Crippen LogP contribution in [0.2, 0.25) is 0 Å². The molecule has 2 unspecified atom stereocenters. The van der Waals surface area contributed by atoms with Crippen molar-refractivity contribution in [2.45, 2.75) is 50.5 Å². The number of hydrogen-bond donors (Lipinski definition) is 1. The maximum atomic E-state index is 13.4. The number of aryl methyl sites for hydroxylation is 1. The summed E-state index contributed by atoms with van der Waals surface area (Å²) >= 11 is 0.